The van der Waals surface area contributed by atoms with Gasteiger partial charge in [-0.15, -0.1) is 0 Å². The van der Waals surface area contributed by atoms with E-state index in [1.807, 2.05) is 37.3 Å². The molecule has 3 aromatic rings. The van der Waals surface area contributed by atoms with Crippen LogP contribution >= 0.6 is 11.5 Å². The van der Waals surface area contributed by atoms with Crippen LogP contribution < -0.4 is 5.73 Å². The maximum absolute atomic E-state index is 10.5. The summed E-state index contributed by atoms with van der Waals surface area (Å²) in [6.45, 7) is 1.84. The minimum atomic E-state index is -4.02. The number of anilines is 1. The van der Waals surface area contributed by atoms with Gasteiger partial charge in [0.1, 0.15) is 5.01 Å². The van der Waals surface area contributed by atoms with Crippen LogP contribution in [-0.2, 0) is 10.1 Å². The molecule has 3 rings (SSSR count). The normalized spacial score (nSPS) is 10.7. The summed E-state index contributed by atoms with van der Waals surface area (Å²) in [5, 5.41) is 0.869. The zero-order valence-corrected chi connectivity index (χ0v) is 13.9. The number of aryl methyl sites for hydroxylation is 1. The van der Waals surface area contributed by atoms with Crippen molar-refractivity contribution in [3.63, 3.8) is 0 Å². The molecule has 0 saturated heterocycles. The van der Waals surface area contributed by atoms with E-state index in [9.17, 15) is 8.42 Å². The lowest BCUT2D eigenvalue weighted by Gasteiger charge is -1.95. The lowest BCUT2D eigenvalue weighted by molar-refractivity contribution is 0.483. The molecule has 0 fully saturated rings. The zero-order chi connectivity index (χ0) is 16.9. The van der Waals surface area contributed by atoms with Crippen LogP contribution in [0.3, 0.4) is 0 Å². The van der Waals surface area contributed by atoms with Crippen LogP contribution in [0.2, 0.25) is 0 Å². The van der Waals surface area contributed by atoms with Crippen LogP contribution in [0.4, 0.5) is 5.95 Å². The first-order chi connectivity index (χ1) is 10.9. The first-order valence-electron chi connectivity index (χ1n) is 6.55. The van der Waals surface area contributed by atoms with Crippen molar-refractivity contribution in [3.05, 3.63) is 60.2 Å². The highest BCUT2D eigenvalue weighted by Crippen LogP contribution is 2.20. The summed E-state index contributed by atoms with van der Waals surface area (Å²) >= 11 is 1.32. The van der Waals surface area contributed by atoms with Crippen molar-refractivity contribution in [2.45, 2.75) is 11.8 Å². The van der Waals surface area contributed by atoms with Gasteiger partial charge >= 0.3 is 0 Å². The Morgan fingerprint density at radius 2 is 1.65 bits per heavy atom. The summed E-state index contributed by atoms with van der Waals surface area (Å²) in [4.78, 5) is 4.00. The van der Waals surface area contributed by atoms with Crippen molar-refractivity contribution in [2.75, 3.05) is 5.73 Å². The van der Waals surface area contributed by atoms with Crippen molar-refractivity contribution in [1.29, 1.82) is 0 Å². The Bertz CT molecular complexity index is 860. The van der Waals surface area contributed by atoms with Gasteiger partial charge in [-0.2, -0.15) is 17.8 Å². The molecule has 6 nitrogen and oxygen atoms in total. The number of hydrogen-bond donors (Lipinski definition) is 2. The Balaban J connectivity index is 0.000000168. The van der Waals surface area contributed by atoms with Crippen LogP contribution in [0, 0.1) is 6.92 Å². The van der Waals surface area contributed by atoms with E-state index in [1.165, 1.54) is 23.7 Å². The predicted molar refractivity (Wildman–Crippen MR) is 90.8 cm³/mol. The summed E-state index contributed by atoms with van der Waals surface area (Å²) in [5.41, 5.74) is 7.42. The molecule has 0 atom stereocenters. The summed E-state index contributed by atoms with van der Waals surface area (Å²) in [5.74, 6) is 0.346. The Hall–Kier alpha value is -2.29. The molecule has 3 N–H and O–H groups in total. The molecule has 8 heteroatoms. The maximum atomic E-state index is 10.5. The third kappa shape index (κ3) is 5.13. The lowest BCUT2D eigenvalue weighted by Crippen LogP contribution is -1.96. The monoisotopic (exact) mass is 349 g/mol. The van der Waals surface area contributed by atoms with Crippen LogP contribution in [0.25, 0.3) is 10.6 Å². The number of aromatic nitrogens is 2. The number of benzene rings is 2. The van der Waals surface area contributed by atoms with Crippen LogP contribution in [-0.4, -0.2) is 22.3 Å². The number of nitrogens with two attached hydrogens (primary N) is 1. The molecule has 2 aromatic carbocycles. The van der Waals surface area contributed by atoms with Crippen molar-refractivity contribution >= 4 is 27.6 Å². The molecule has 0 saturated carbocycles. The first-order valence-corrected chi connectivity index (χ1v) is 8.76. The SMILES string of the molecule is Cc1ccc(S(=O)(=O)O)cc1.Nc1nsc(-c2ccccc2)n1. The molecule has 0 amide bonds. The van der Waals surface area contributed by atoms with Gasteiger partial charge in [-0.05, 0) is 30.6 Å². The first kappa shape index (κ1) is 17.1. The van der Waals surface area contributed by atoms with E-state index < -0.39 is 10.1 Å². The third-order valence-corrected chi connectivity index (χ3v) is 4.43. The number of hydrogen-bond acceptors (Lipinski definition) is 6. The molecule has 0 radical (unpaired) electrons. The standard InChI is InChI=1S/C8H7N3S.C7H8O3S/c9-8-10-7(12-11-8)6-4-2-1-3-5-6;1-6-2-4-7(5-3-6)11(8,9)10/h1-5H,(H2,9,11);2-5H,1H3,(H,8,9,10). The quantitative estimate of drug-likeness (QED) is 0.689. The summed E-state index contributed by atoms with van der Waals surface area (Å²) in [6, 6.07) is 15.9. The lowest BCUT2D eigenvalue weighted by atomic mass is 10.2. The van der Waals surface area contributed by atoms with Crippen LogP contribution in [0.15, 0.2) is 59.5 Å². The number of rotatable bonds is 2. The maximum Gasteiger partial charge on any atom is 0.294 e. The highest BCUT2D eigenvalue weighted by atomic mass is 32.2. The largest absolute Gasteiger partial charge is 0.367 e. The molecule has 0 bridgehead atoms. The van der Waals surface area contributed by atoms with Crippen LogP contribution in [0.5, 0.6) is 0 Å². The second kappa shape index (κ2) is 7.32. The van der Waals surface area contributed by atoms with Crippen LogP contribution in [0.1, 0.15) is 5.56 Å². The second-order valence-corrected chi connectivity index (χ2v) is 6.79. The van der Waals surface area contributed by atoms with Gasteiger partial charge in [-0.1, -0.05) is 48.0 Å². The molecule has 0 unspecified atom stereocenters. The Labute approximate surface area is 138 Å². The van der Waals surface area contributed by atoms with E-state index in [-0.39, 0.29) is 4.90 Å². The van der Waals surface area contributed by atoms with Gasteiger partial charge in [-0.25, -0.2) is 0 Å². The van der Waals surface area contributed by atoms with E-state index in [4.69, 9.17) is 10.3 Å². The van der Waals surface area contributed by atoms with Crippen molar-refractivity contribution in [1.82, 2.24) is 9.36 Å². The minimum absolute atomic E-state index is 0.0666. The van der Waals surface area contributed by atoms with Crippen molar-refractivity contribution in [3.8, 4) is 10.6 Å². The fourth-order valence-corrected chi connectivity index (χ4v) is 2.72. The van der Waals surface area contributed by atoms with E-state index in [2.05, 4.69) is 9.36 Å². The summed E-state index contributed by atoms with van der Waals surface area (Å²) in [7, 11) is -4.02. The average molecular weight is 349 g/mol. The molecule has 1 aromatic heterocycles. The fourth-order valence-electron chi connectivity index (χ4n) is 1.64. The van der Waals surface area contributed by atoms with E-state index >= 15 is 0 Å². The molecule has 0 spiro atoms. The molecule has 0 aliphatic carbocycles. The smallest absolute Gasteiger partial charge is 0.294 e. The molecule has 23 heavy (non-hydrogen) atoms. The molecular formula is C15H15N3O3S2. The van der Waals surface area contributed by atoms with Gasteiger partial charge in [-0.3, -0.25) is 4.55 Å². The highest BCUT2D eigenvalue weighted by molar-refractivity contribution is 7.85. The summed E-state index contributed by atoms with van der Waals surface area (Å²) < 4.78 is 33.5. The molecule has 120 valence electrons. The minimum Gasteiger partial charge on any atom is -0.367 e. The van der Waals surface area contributed by atoms with Gasteiger partial charge < -0.3 is 5.73 Å². The van der Waals surface area contributed by atoms with E-state index in [0.29, 0.717) is 5.95 Å². The van der Waals surface area contributed by atoms with Gasteiger partial charge in [0, 0.05) is 5.56 Å². The molecule has 1 heterocycles. The molecule has 0 aliphatic rings. The number of nitrogen functional groups attached to an aromatic ring is 1. The van der Waals surface area contributed by atoms with Gasteiger partial charge in [0.15, 0.2) is 0 Å². The topological polar surface area (TPSA) is 106 Å². The zero-order valence-electron chi connectivity index (χ0n) is 12.2. The Kier molecular flexibility index (Phi) is 5.43. The summed E-state index contributed by atoms with van der Waals surface area (Å²) in [6.07, 6.45) is 0. The van der Waals surface area contributed by atoms with E-state index in [0.717, 1.165) is 16.1 Å². The number of nitrogens with zero attached hydrogens (tertiary/aromatic N) is 2. The fraction of sp³-hybridized carbons (Fsp3) is 0.0667. The molecular weight excluding hydrogens is 334 g/mol. The molecule has 0 aliphatic heterocycles. The Morgan fingerprint density at radius 1 is 1.04 bits per heavy atom. The van der Waals surface area contributed by atoms with Gasteiger partial charge in [0.05, 0.1) is 4.90 Å². The van der Waals surface area contributed by atoms with Gasteiger partial charge in [0.2, 0.25) is 5.95 Å². The average Bonchev–Trinajstić information content (AvgIpc) is 2.95. The second-order valence-electron chi connectivity index (χ2n) is 4.61. The van der Waals surface area contributed by atoms with Crippen molar-refractivity contribution in [2.24, 2.45) is 0 Å². The predicted octanol–water partition coefficient (Wildman–Crippen LogP) is 3.03. The highest BCUT2D eigenvalue weighted by Gasteiger charge is 2.06. The Morgan fingerprint density at radius 3 is 2.13 bits per heavy atom. The van der Waals surface area contributed by atoms with E-state index in [1.54, 1.807) is 12.1 Å². The third-order valence-electron chi connectivity index (χ3n) is 2.78. The van der Waals surface area contributed by atoms with Gasteiger partial charge in [0.25, 0.3) is 10.1 Å². The van der Waals surface area contributed by atoms with Crippen molar-refractivity contribution < 1.29 is 13.0 Å².